The average molecular weight is 466 g/mol. The molecule has 4 heterocycles. The van der Waals surface area contributed by atoms with Crippen LogP contribution in [0.4, 0.5) is 13.2 Å². The fraction of sp³-hybridized carbons (Fsp3) is 0.385. The molecule has 1 saturated heterocycles. The molecule has 176 valence electrons. The van der Waals surface area contributed by atoms with Crippen molar-refractivity contribution in [1.82, 2.24) is 19.6 Å². The third-order valence-electron chi connectivity index (χ3n) is 7.16. The van der Waals surface area contributed by atoms with Crippen LogP contribution in [0.3, 0.4) is 0 Å². The van der Waals surface area contributed by atoms with E-state index >= 15 is 0 Å². The van der Waals surface area contributed by atoms with Crippen molar-refractivity contribution in [3.05, 3.63) is 77.3 Å². The third kappa shape index (κ3) is 4.16. The number of nitriles is 1. The SMILES string of the molecule is C=C(c1cn2cc(C(F)(F)F)cc(CCC#N)c2n1)N1CCC2(CC1)Cc1ccccc1CN2. The van der Waals surface area contributed by atoms with E-state index in [2.05, 4.69) is 46.0 Å². The van der Waals surface area contributed by atoms with Gasteiger partial charge in [0, 0.05) is 44.0 Å². The molecule has 1 spiro atoms. The second-order valence-electron chi connectivity index (χ2n) is 9.28. The maximum absolute atomic E-state index is 13.4. The molecule has 1 aromatic carbocycles. The number of aromatic nitrogens is 2. The lowest BCUT2D eigenvalue weighted by atomic mass is 9.78. The number of hydrogen-bond acceptors (Lipinski definition) is 4. The lowest BCUT2D eigenvalue weighted by Crippen LogP contribution is -2.56. The van der Waals surface area contributed by atoms with Gasteiger partial charge in [0.15, 0.2) is 0 Å². The van der Waals surface area contributed by atoms with Gasteiger partial charge in [-0.1, -0.05) is 30.8 Å². The molecule has 1 fully saturated rings. The second-order valence-corrected chi connectivity index (χ2v) is 9.28. The fourth-order valence-electron chi connectivity index (χ4n) is 5.17. The zero-order chi connectivity index (χ0) is 23.9. The van der Waals surface area contributed by atoms with E-state index in [9.17, 15) is 13.2 Å². The summed E-state index contributed by atoms with van der Waals surface area (Å²) in [5.74, 6) is 0. The standard InChI is InChI=1S/C26H26F3N5/c1-18(33-11-8-25(9-12-33)14-20-5-2-3-6-21(20)15-31-25)23-17-34-16-22(26(27,28)29)13-19(7-4-10-30)24(34)32-23/h2-3,5-6,13,16-17,31H,1,4,7-9,11-12,14-15H2. The number of likely N-dealkylation sites (tertiary alicyclic amines) is 1. The Morgan fingerprint density at radius 3 is 2.62 bits per heavy atom. The topological polar surface area (TPSA) is 56.4 Å². The number of pyridine rings is 1. The van der Waals surface area contributed by atoms with Crippen LogP contribution < -0.4 is 5.32 Å². The Balaban J connectivity index is 1.35. The van der Waals surface area contributed by atoms with Crippen LogP contribution in [0.15, 0.2) is 49.3 Å². The summed E-state index contributed by atoms with van der Waals surface area (Å²) in [6, 6.07) is 11.6. The van der Waals surface area contributed by atoms with Crippen molar-refractivity contribution in [2.75, 3.05) is 13.1 Å². The van der Waals surface area contributed by atoms with Crippen LogP contribution in [-0.2, 0) is 25.6 Å². The van der Waals surface area contributed by atoms with Gasteiger partial charge >= 0.3 is 6.18 Å². The minimum Gasteiger partial charge on any atom is -0.370 e. The Morgan fingerprint density at radius 2 is 1.91 bits per heavy atom. The summed E-state index contributed by atoms with van der Waals surface area (Å²) in [5, 5.41) is 12.7. The molecule has 0 unspecified atom stereocenters. The van der Waals surface area contributed by atoms with E-state index in [4.69, 9.17) is 5.26 Å². The molecular weight excluding hydrogens is 439 g/mol. The number of fused-ring (bicyclic) bond motifs is 2. The van der Waals surface area contributed by atoms with Gasteiger partial charge in [-0.2, -0.15) is 18.4 Å². The van der Waals surface area contributed by atoms with E-state index < -0.39 is 11.7 Å². The van der Waals surface area contributed by atoms with Crippen molar-refractivity contribution >= 4 is 11.3 Å². The van der Waals surface area contributed by atoms with Crippen LogP contribution in [0.5, 0.6) is 0 Å². The van der Waals surface area contributed by atoms with Crippen LogP contribution in [0.25, 0.3) is 11.3 Å². The fourth-order valence-corrected chi connectivity index (χ4v) is 5.17. The monoisotopic (exact) mass is 465 g/mol. The Bertz CT molecular complexity index is 1280. The first-order chi connectivity index (χ1) is 16.3. The number of piperidine rings is 1. The number of benzene rings is 1. The van der Waals surface area contributed by atoms with Gasteiger partial charge in [-0.05, 0) is 48.4 Å². The van der Waals surface area contributed by atoms with Crippen LogP contribution >= 0.6 is 0 Å². The molecule has 2 aromatic heterocycles. The molecule has 5 rings (SSSR count). The van der Waals surface area contributed by atoms with E-state index in [1.165, 1.54) is 15.5 Å². The van der Waals surface area contributed by atoms with Crippen LogP contribution in [0.2, 0.25) is 0 Å². The molecule has 0 radical (unpaired) electrons. The normalized spacial score (nSPS) is 17.5. The highest BCUT2D eigenvalue weighted by atomic mass is 19.4. The van der Waals surface area contributed by atoms with Gasteiger partial charge in [-0.15, -0.1) is 0 Å². The first-order valence-electron chi connectivity index (χ1n) is 11.5. The van der Waals surface area contributed by atoms with Gasteiger partial charge in [0.1, 0.15) is 11.3 Å². The second kappa shape index (κ2) is 8.48. The summed E-state index contributed by atoms with van der Waals surface area (Å²) in [5.41, 5.74) is 4.22. The number of alkyl halides is 3. The van der Waals surface area contributed by atoms with E-state index in [0.717, 1.165) is 56.9 Å². The number of rotatable bonds is 4. The van der Waals surface area contributed by atoms with E-state index in [0.29, 0.717) is 16.9 Å². The lowest BCUT2D eigenvalue weighted by Gasteiger charge is -2.46. The van der Waals surface area contributed by atoms with Crippen LogP contribution in [0.1, 0.15) is 47.2 Å². The first-order valence-corrected chi connectivity index (χ1v) is 11.5. The summed E-state index contributed by atoms with van der Waals surface area (Å²) in [6.07, 6.45) is 1.46. The van der Waals surface area contributed by atoms with E-state index in [1.54, 1.807) is 6.20 Å². The predicted molar refractivity (Wildman–Crippen MR) is 124 cm³/mol. The predicted octanol–water partition coefficient (Wildman–Crippen LogP) is 4.96. The van der Waals surface area contributed by atoms with E-state index in [1.807, 2.05) is 6.07 Å². The van der Waals surface area contributed by atoms with Crippen molar-refractivity contribution in [2.45, 2.75) is 50.4 Å². The largest absolute Gasteiger partial charge is 0.417 e. The quantitative estimate of drug-likeness (QED) is 0.592. The van der Waals surface area contributed by atoms with Crippen molar-refractivity contribution in [2.24, 2.45) is 0 Å². The van der Waals surface area contributed by atoms with Crippen molar-refractivity contribution in [3.8, 4) is 6.07 Å². The highest BCUT2D eigenvalue weighted by Gasteiger charge is 2.38. The lowest BCUT2D eigenvalue weighted by molar-refractivity contribution is -0.137. The molecule has 8 heteroatoms. The maximum Gasteiger partial charge on any atom is 0.417 e. The molecule has 1 N–H and O–H groups in total. The maximum atomic E-state index is 13.4. The molecule has 0 atom stereocenters. The minimum atomic E-state index is -4.47. The summed E-state index contributed by atoms with van der Waals surface area (Å²) in [4.78, 5) is 6.80. The summed E-state index contributed by atoms with van der Waals surface area (Å²) in [7, 11) is 0. The third-order valence-corrected chi connectivity index (χ3v) is 7.16. The zero-order valence-electron chi connectivity index (χ0n) is 18.8. The number of nitrogens with zero attached hydrogens (tertiary/aromatic N) is 4. The molecule has 2 aliphatic heterocycles. The van der Waals surface area contributed by atoms with Gasteiger partial charge in [0.2, 0.25) is 0 Å². The molecule has 0 aliphatic carbocycles. The summed E-state index contributed by atoms with van der Waals surface area (Å²) in [6.45, 7) is 6.71. The summed E-state index contributed by atoms with van der Waals surface area (Å²) < 4.78 is 41.6. The average Bonchev–Trinajstić information content (AvgIpc) is 3.26. The molecule has 0 bridgehead atoms. The number of halogens is 3. The molecule has 2 aliphatic rings. The van der Waals surface area contributed by atoms with E-state index in [-0.39, 0.29) is 18.4 Å². The van der Waals surface area contributed by atoms with Gasteiger partial charge in [-0.25, -0.2) is 4.98 Å². The smallest absolute Gasteiger partial charge is 0.370 e. The molecule has 3 aromatic rings. The van der Waals surface area contributed by atoms with Gasteiger partial charge < -0.3 is 14.6 Å². The Labute approximate surface area is 196 Å². The molecule has 0 saturated carbocycles. The molecular formula is C26H26F3N5. The zero-order valence-corrected chi connectivity index (χ0v) is 18.8. The minimum absolute atomic E-state index is 0.0656. The summed E-state index contributed by atoms with van der Waals surface area (Å²) >= 11 is 0. The van der Waals surface area contributed by atoms with Gasteiger partial charge in [-0.3, -0.25) is 0 Å². The molecule has 34 heavy (non-hydrogen) atoms. The molecule has 0 amide bonds. The number of imidazole rings is 1. The van der Waals surface area contributed by atoms with Crippen molar-refractivity contribution in [3.63, 3.8) is 0 Å². The van der Waals surface area contributed by atoms with Crippen LogP contribution in [-0.4, -0.2) is 32.9 Å². The highest BCUT2D eigenvalue weighted by molar-refractivity contribution is 5.63. The Morgan fingerprint density at radius 1 is 1.18 bits per heavy atom. The number of aryl methyl sites for hydroxylation is 1. The van der Waals surface area contributed by atoms with Crippen LogP contribution in [0, 0.1) is 11.3 Å². The molecule has 5 nitrogen and oxygen atoms in total. The Hall–Kier alpha value is -3.31. The number of hydrogen-bond donors (Lipinski definition) is 1. The number of nitrogens with one attached hydrogen (secondary N) is 1. The first kappa shape index (κ1) is 22.5. The van der Waals surface area contributed by atoms with Crippen molar-refractivity contribution < 1.29 is 13.2 Å². The van der Waals surface area contributed by atoms with Crippen molar-refractivity contribution in [1.29, 1.82) is 5.26 Å². The van der Waals surface area contributed by atoms with Gasteiger partial charge in [0.25, 0.3) is 0 Å². The Kier molecular flexibility index (Phi) is 5.61. The highest BCUT2D eigenvalue weighted by Crippen LogP contribution is 2.35. The van der Waals surface area contributed by atoms with Gasteiger partial charge in [0.05, 0.1) is 17.3 Å².